The Balaban J connectivity index is 1.76. The van der Waals surface area contributed by atoms with Crippen LogP contribution in [0.4, 0.5) is 5.13 Å². The molecule has 1 atom stereocenters. The van der Waals surface area contributed by atoms with Gasteiger partial charge < -0.3 is 14.6 Å². The van der Waals surface area contributed by atoms with Crippen molar-refractivity contribution >= 4 is 40.2 Å². The molecule has 0 bridgehead atoms. The molecule has 0 saturated heterocycles. The molecule has 1 aromatic heterocycles. The fourth-order valence-corrected chi connectivity index (χ4v) is 5.24. The van der Waals surface area contributed by atoms with Crippen molar-refractivity contribution < 1.29 is 29.0 Å². The quantitative estimate of drug-likeness (QED) is 0.152. The molecule has 1 aliphatic rings. The minimum absolute atomic E-state index is 0.0229. The minimum Gasteiger partial charge on any atom is -0.503 e. The summed E-state index contributed by atoms with van der Waals surface area (Å²) in [6.07, 6.45) is 5.27. The van der Waals surface area contributed by atoms with Gasteiger partial charge in [-0.1, -0.05) is 86.4 Å². The number of esters is 1. The number of thiazole rings is 1. The lowest BCUT2D eigenvalue weighted by atomic mass is 9.95. The Morgan fingerprint density at radius 3 is 2.63 bits per heavy atom. The molecule has 0 spiro atoms. The Bertz CT molecular complexity index is 1510. The summed E-state index contributed by atoms with van der Waals surface area (Å²) in [5, 5.41) is 11.2. The summed E-state index contributed by atoms with van der Waals surface area (Å²) >= 11 is 0.952. The Hall–Kier alpha value is -4.50. The summed E-state index contributed by atoms with van der Waals surface area (Å²) < 4.78 is 11.1. The lowest BCUT2D eigenvalue weighted by molar-refractivity contribution is -0.117. The molecular weight excluding hydrogens is 540 g/mol. The summed E-state index contributed by atoms with van der Waals surface area (Å²) in [7, 11) is 0. The third-order valence-corrected chi connectivity index (χ3v) is 7.48. The average molecular weight is 573 g/mol. The van der Waals surface area contributed by atoms with Crippen molar-refractivity contribution in [1.82, 2.24) is 4.98 Å². The molecule has 0 aliphatic carbocycles. The molecule has 1 N–H and O–H groups in total. The highest BCUT2D eigenvalue weighted by molar-refractivity contribution is 7.17. The summed E-state index contributed by atoms with van der Waals surface area (Å²) in [6, 6.07) is 15.3. The molecule has 1 aliphatic heterocycles. The van der Waals surface area contributed by atoms with E-state index in [0.717, 1.165) is 23.3 Å². The van der Waals surface area contributed by atoms with E-state index in [0.29, 0.717) is 29.5 Å². The summed E-state index contributed by atoms with van der Waals surface area (Å²) in [6.45, 7) is 9.91. The summed E-state index contributed by atoms with van der Waals surface area (Å²) in [5.41, 5.74) is 1.60. The third kappa shape index (κ3) is 6.81. The lowest BCUT2D eigenvalue weighted by Gasteiger charge is -2.24. The molecule has 0 saturated carbocycles. The number of allylic oxidation sites excluding steroid dienone is 1. The molecule has 1 unspecified atom stereocenters. The van der Waals surface area contributed by atoms with Crippen molar-refractivity contribution in [2.45, 2.75) is 33.2 Å². The van der Waals surface area contributed by atoms with Crippen LogP contribution in [-0.2, 0) is 14.3 Å². The fraction of sp³-hybridized carbons (Fsp3) is 0.250. The number of benzene rings is 2. The SMILES string of the molecule is C=CCOC(=O)c1sc(N2C(=O)C(O)=C(C(=O)C=Cc3ccccc3)C2c2cccc(OCCC(C)C)c2)nc1C. The molecule has 2 heterocycles. The molecule has 41 heavy (non-hydrogen) atoms. The maximum atomic E-state index is 13.6. The molecule has 0 fully saturated rings. The van der Waals surface area contributed by atoms with Gasteiger partial charge in [0.15, 0.2) is 16.7 Å². The monoisotopic (exact) mass is 572 g/mol. The lowest BCUT2D eigenvalue weighted by Crippen LogP contribution is -2.30. The van der Waals surface area contributed by atoms with Gasteiger partial charge in [0.1, 0.15) is 17.2 Å². The molecule has 8 nitrogen and oxygen atoms in total. The first-order chi connectivity index (χ1) is 19.7. The molecule has 212 valence electrons. The first-order valence-corrected chi connectivity index (χ1v) is 14.0. The standard InChI is InChI=1S/C32H32N2O6S/c1-5-17-40-31(38)29-21(4)33-32(41-29)34-27(23-12-9-13-24(19-23)39-18-16-20(2)3)26(28(36)30(34)37)25(35)15-14-22-10-7-6-8-11-22/h5-15,19-20,27,36H,1,16-18H2,2-4H3. The zero-order valence-corrected chi connectivity index (χ0v) is 24.0. The van der Waals surface area contributed by atoms with Crippen molar-refractivity contribution in [3.8, 4) is 5.75 Å². The van der Waals surface area contributed by atoms with E-state index < -0.39 is 29.5 Å². The number of aromatic nitrogens is 1. The summed E-state index contributed by atoms with van der Waals surface area (Å²) in [5.74, 6) is -1.57. The second-order valence-corrected chi connectivity index (χ2v) is 10.8. The normalized spacial score (nSPS) is 15.2. The Morgan fingerprint density at radius 2 is 1.93 bits per heavy atom. The predicted molar refractivity (Wildman–Crippen MR) is 159 cm³/mol. The number of rotatable bonds is 12. The van der Waals surface area contributed by atoms with E-state index in [1.165, 1.54) is 17.1 Å². The third-order valence-electron chi connectivity index (χ3n) is 6.35. The van der Waals surface area contributed by atoms with Gasteiger partial charge in [0.25, 0.3) is 5.91 Å². The molecular formula is C32H32N2O6S. The maximum absolute atomic E-state index is 13.6. The number of anilines is 1. The van der Waals surface area contributed by atoms with Crippen LogP contribution < -0.4 is 9.64 Å². The fourth-order valence-electron chi connectivity index (χ4n) is 4.26. The zero-order chi connectivity index (χ0) is 29.5. The first kappa shape index (κ1) is 29.5. The number of aryl methyl sites for hydroxylation is 1. The molecule has 4 rings (SSSR count). The Kier molecular flexibility index (Phi) is 9.52. The zero-order valence-electron chi connectivity index (χ0n) is 23.2. The van der Waals surface area contributed by atoms with Crippen LogP contribution in [0.15, 0.2) is 84.7 Å². The molecule has 1 amide bonds. The van der Waals surface area contributed by atoms with Crippen LogP contribution in [0.5, 0.6) is 5.75 Å². The van der Waals surface area contributed by atoms with Gasteiger partial charge >= 0.3 is 5.97 Å². The summed E-state index contributed by atoms with van der Waals surface area (Å²) in [4.78, 5) is 45.6. The largest absolute Gasteiger partial charge is 0.503 e. The van der Waals surface area contributed by atoms with E-state index in [-0.39, 0.29) is 22.2 Å². The Labute approximate surface area is 243 Å². The minimum atomic E-state index is -1.01. The van der Waals surface area contributed by atoms with Gasteiger partial charge in [-0.15, -0.1) is 0 Å². The van der Waals surface area contributed by atoms with Crippen LogP contribution in [0.2, 0.25) is 0 Å². The Morgan fingerprint density at radius 1 is 1.17 bits per heavy atom. The van der Waals surface area contributed by atoms with Crippen molar-refractivity contribution in [1.29, 1.82) is 0 Å². The van der Waals surface area contributed by atoms with Gasteiger partial charge in [-0.25, -0.2) is 9.78 Å². The maximum Gasteiger partial charge on any atom is 0.350 e. The van der Waals surface area contributed by atoms with E-state index in [1.807, 2.05) is 30.3 Å². The number of amides is 1. The van der Waals surface area contributed by atoms with E-state index in [2.05, 4.69) is 25.4 Å². The number of hydrogen-bond acceptors (Lipinski definition) is 8. The van der Waals surface area contributed by atoms with E-state index in [4.69, 9.17) is 9.47 Å². The van der Waals surface area contributed by atoms with Crippen LogP contribution in [-0.4, -0.2) is 41.0 Å². The number of carbonyl (C=O) groups excluding carboxylic acids is 3. The van der Waals surface area contributed by atoms with Crippen LogP contribution in [0.3, 0.4) is 0 Å². The highest BCUT2D eigenvalue weighted by Gasteiger charge is 2.45. The van der Waals surface area contributed by atoms with Gasteiger partial charge in [0.05, 0.1) is 23.9 Å². The number of aliphatic hydroxyl groups is 1. The van der Waals surface area contributed by atoms with Crippen LogP contribution in [0, 0.1) is 12.8 Å². The van der Waals surface area contributed by atoms with Gasteiger partial charge in [-0.3, -0.25) is 14.5 Å². The predicted octanol–water partition coefficient (Wildman–Crippen LogP) is 6.40. The van der Waals surface area contributed by atoms with Gasteiger partial charge in [-0.2, -0.15) is 0 Å². The van der Waals surface area contributed by atoms with Gasteiger partial charge in [0.2, 0.25) is 0 Å². The van der Waals surface area contributed by atoms with Gasteiger partial charge in [-0.05, 0) is 48.6 Å². The van der Waals surface area contributed by atoms with E-state index in [1.54, 1.807) is 37.3 Å². The number of ketones is 1. The second-order valence-electron chi connectivity index (χ2n) is 9.85. The number of aliphatic hydroxyl groups excluding tert-OH is 1. The molecule has 2 aromatic carbocycles. The van der Waals surface area contributed by atoms with E-state index in [9.17, 15) is 19.5 Å². The van der Waals surface area contributed by atoms with E-state index >= 15 is 0 Å². The van der Waals surface area contributed by atoms with Crippen molar-refractivity contribution in [2.24, 2.45) is 5.92 Å². The van der Waals surface area contributed by atoms with Gasteiger partial charge in [0, 0.05) is 0 Å². The molecule has 0 radical (unpaired) electrons. The number of ether oxygens (including phenoxy) is 2. The first-order valence-electron chi connectivity index (χ1n) is 13.2. The van der Waals surface area contributed by atoms with Crippen molar-refractivity contribution in [3.63, 3.8) is 0 Å². The number of nitrogens with zero attached hydrogens (tertiary/aromatic N) is 2. The second kappa shape index (κ2) is 13.2. The highest BCUT2D eigenvalue weighted by atomic mass is 32.1. The molecule has 3 aromatic rings. The highest BCUT2D eigenvalue weighted by Crippen LogP contribution is 2.43. The average Bonchev–Trinajstić information content (AvgIpc) is 3.47. The van der Waals surface area contributed by atoms with Crippen molar-refractivity contribution in [2.75, 3.05) is 18.1 Å². The molecule has 9 heteroatoms. The van der Waals surface area contributed by atoms with Crippen molar-refractivity contribution in [3.05, 3.63) is 106 Å². The number of hydrogen-bond donors (Lipinski definition) is 1. The number of carbonyl (C=O) groups is 3. The smallest absolute Gasteiger partial charge is 0.350 e. The topological polar surface area (TPSA) is 106 Å². The van der Waals surface area contributed by atoms with Crippen LogP contribution in [0.25, 0.3) is 6.08 Å². The van der Waals surface area contributed by atoms with Crippen LogP contribution >= 0.6 is 11.3 Å². The van der Waals surface area contributed by atoms with Crippen LogP contribution in [0.1, 0.15) is 52.8 Å².